The molecule has 6 heteroatoms. The summed E-state index contributed by atoms with van der Waals surface area (Å²) in [7, 11) is -3.45. The summed E-state index contributed by atoms with van der Waals surface area (Å²) >= 11 is 3.20. The quantitative estimate of drug-likeness (QED) is 0.815. The highest BCUT2D eigenvalue weighted by atomic mass is 79.9. The molecule has 0 aromatic heterocycles. The van der Waals surface area contributed by atoms with Crippen LogP contribution in [0.25, 0.3) is 0 Å². The fourth-order valence-corrected chi connectivity index (χ4v) is 3.15. The second kappa shape index (κ2) is 6.34. The number of sulfonamides is 1. The highest BCUT2D eigenvalue weighted by Gasteiger charge is 2.15. The van der Waals surface area contributed by atoms with Crippen molar-refractivity contribution in [2.75, 3.05) is 19.8 Å². The van der Waals surface area contributed by atoms with Gasteiger partial charge in [-0.25, -0.2) is 13.1 Å². The van der Waals surface area contributed by atoms with Crippen LogP contribution in [0.1, 0.15) is 6.92 Å². The molecule has 1 aromatic rings. The zero-order chi connectivity index (χ0) is 12.0. The molecule has 0 aliphatic carbocycles. The van der Waals surface area contributed by atoms with Gasteiger partial charge in [0.2, 0.25) is 10.0 Å². The van der Waals surface area contributed by atoms with Gasteiger partial charge in [-0.3, -0.25) is 0 Å². The Hall–Kier alpha value is -0.430. The molecule has 90 valence electrons. The summed E-state index contributed by atoms with van der Waals surface area (Å²) in [6.45, 7) is 3.09. The first-order valence-electron chi connectivity index (χ1n) is 4.90. The van der Waals surface area contributed by atoms with Crippen LogP contribution < -0.4 is 4.72 Å². The van der Waals surface area contributed by atoms with E-state index in [-0.39, 0.29) is 11.4 Å². The molecule has 4 nitrogen and oxygen atoms in total. The van der Waals surface area contributed by atoms with Gasteiger partial charge < -0.3 is 4.74 Å². The molecule has 0 spiro atoms. The maximum atomic E-state index is 11.8. The number of halogens is 1. The average molecular weight is 308 g/mol. The lowest BCUT2D eigenvalue weighted by atomic mass is 10.4. The molecule has 1 rings (SSSR count). The fourth-order valence-electron chi connectivity index (χ4n) is 1.13. The minimum atomic E-state index is -3.45. The number of benzene rings is 1. The zero-order valence-corrected chi connectivity index (χ0v) is 11.3. The molecule has 0 amide bonds. The van der Waals surface area contributed by atoms with E-state index in [1.165, 1.54) is 0 Å². The largest absolute Gasteiger partial charge is 0.380 e. The van der Waals surface area contributed by atoms with E-state index in [0.29, 0.717) is 17.7 Å². The molecule has 1 aromatic carbocycles. The van der Waals surface area contributed by atoms with Crippen molar-refractivity contribution in [3.63, 3.8) is 0 Å². The molecule has 0 heterocycles. The van der Waals surface area contributed by atoms with Crippen molar-refractivity contribution in [1.29, 1.82) is 0 Å². The first-order chi connectivity index (χ1) is 7.58. The van der Waals surface area contributed by atoms with Crippen LogP contribution in [0.4, 0.5) is 0 Å². The molecule has 0 unspecified atom stereocenters. The molecule has 0 radical (unpaired) electrons. The van der Waals surface area contributed by atoms with E-state index in [9.17, 15) is 8.42 Å². The Bertz CT molecular complexity index is 433. The molecule has 0 fully saturated rings. The molecule has 0 saturated heterocycles. The van der Waals surface area contributed by atoms with Crippen molar-refractivity contribution < 1.29 is 13.2 Å². The summed E-state index contributed by atoms with van der Waals surface area (Å²) in [6.07, 6.45) is 0. The van der Waals surface area contributed by atoms with Crippen LogP contribution in [-0.4, -0.2) is 28.2 Å². The summed E-state index contributed by atoms with van der Waals surface area (Å²) in [5, 5.41) is 0. The monoisotopic (exact) mass is 307 g/mol. The van der Waals surface area contributed by atoms with Crippen molar-refractivity contribution in [2.24, 2.45) is 0 Å². The summed E-state index contributed by atoms with van der Waals surface area (Å²) in [5.74, 6) is 0. The van der Waals surface area contributed by atoms with Crippen molar-refractivity contribution >= 4 is 26.0 Å². The third kappa shape index (κ3) is 3.86. The number of nitrogens with one attached hydrogen (secondary N) is 1. The summed E-state index contributed by atoms with van der Waals surface area (Å²) < 4.78 is 31.7. The maximum Gasteiger partial charge on any atom is 0.241 e. The molecule has 0 saturated carbocycles. The molecule has 0 atom stereocenters. The number of hydrogen-bond acceptors (Lipinski definition) is 3. The minimum absolute atomic E-state index is 0.242. The Morgan fingerprint density at radius 2 is 2.06 bits per heavy atom. The Morgan fingerprint density at radius 1 is 1.38 bits per heavy atom. The predicted molar refractivity (Wildman–Crippen MR) is 65.8 cm³/mol. The van der Waals surface area contributed by atoms with Crippen LogP contribution in [0.3, 0.4) is 0 Å². The van der Waals surface area contributed by atoms with Crippen molar-refractivity contribution in [3.8, 4) is 0 Å². The van der Waals surface area contributed by atoms with Gasteiger partial charge in [0.25, 0.3) is 0 Å². The van der Waals surface area contributed by atoms with E-state index >= 15 is 0 Å². The number of rotatable bonds is 6. The van der Waals surface area contributed by atoms with E-state index in [0.717, 1.165) is 0 Å². The standard InChI is InChI=1S/C10H14BrNO3S/c1-2-15-8-7-12-16(13,14)10-6-4-3-5-9(10)11/h3-6,12H,2,7-8H2,1H3. The highest BCUT2D eigenvalue weighted by molar-refractivity contribution is 9.10. The second-order valence-electron chi connectivity index (χ2n) is 3.03. The van der Waals surface area contributed by atoms with Gasteiger partial charge in [-0.1, -0.05) is 12.1 Å². The van der Waals surface area contributed by atoms with Crippen molar-refractivity contribution in [2.45, 2.75) is 11.8 Å². The van der Waals surface area contributed by atoms with Gasteiger partial charge in [-0.2, -0.15) is 0 Å². The lowest BCUT2D eigenvalue weighted by molar-refractivity contribution is 0.153. The molecular weight excluding hydrogens is 294 g/mol. The minimum Gasteiger partial charge on any atom is -0.380 e. The van der Waals surface area contributed by atoms with Crippen LogP contribution in [0.5, 0.6) is 0 Å². The van der Waals surface area contributed by atoms with Gasteiger partial charge >= 0.3 is 0 Å². The summed E-state index contributed by atoms with van der Waals surface area (Å²) in [4.78, 5) is 0.242. The van der Waals surface area contributed by atoms with Crippen molar-refractivity contribution in [1.82, 2.24) is 4.72 Å². The van der Waals surface area contributed by atoms with Crippen LogP contribution in [0.2, 0.25) is 0 Å². The Morgan fingerprint density at radius 3 is 2.69 bits per heavy atom. The van der Waals surface area contributed by atoms with Crippen LogP contribution >= 0.6 is 15.9 Å². The molecule has 0 aliphatic heterocycles. The molecule has 16 heavy (non-hydrogen) atoms. The third-order valence-electron chi connectivity index (χ3n) is 1.87. The van der Waals surface area contributed by atoms with Gasteiger partial charge in [0.05, 0.1) is 11.5 Å². The number of ether oxygens (including phenoxy) is 1. The topological polar surface area (TPSA) is 55.4 Å². The Labute approximate surface area is 104 Å². The maximum absolute atomic E-state index is 11.8. The van der Waals surface area contributed by atoms with Gasteiger partial charge in [-0.15, -0.1) is 0 Å². The van der Waals surface area contributed by atoms with Gasteiger partial charge in [0.1, 0.15) is 0 Å². The van der Waals surface area contributed by atoms with Gasteiger partial charge in [0.15, 0.2) is 0 Å². The predicted octanol–water partition coefficient (Wildman–Crippen LogP) is 1.76. The molecule has 0 aliphatic rings. The summed E-state index contributed by atoms with van der Waals surface area (Å²) in [6, 6.07) is 6.69. The first kappa shape index (κ1) is 13.6. The van der Waals surface area contributed by atoms with E-state index in [1.54, 1.807) is 24.3 Å². The molecule has 1 N–H and O–H groups in total. The van der Waals surface area contributed by atoms with E-state index in [1.807, 2.05) is 6.92 Å². The van der Waals surface area contributed by atoms with Gasteiger partial charge in [-0.05, 0) is 35.0 Å². The zero-order valence-electron chi connectivity index (χ0n) is 8.94. The van der Waals surface area contributed by atoms with Gasteiger partial charge in [0, 0.05) is 17.6 Å². The SMILES string of the molecule is CCOCCNS(=O)(=O)c1ccccc1Br. The smallest absolute Gasteiger partial charge is 0.241 e. The lowest BCUT2D eigenvalue weighted by Gasteiger charge is -2.08. The fraction of sp³-hybridized carbons (Fsp3) is 0.400. The van der Waals surface area contributed by atoms with E-state index in [2.05, 4.69) is 20.7 Å². The van der Waals surface area contributed by atoms with E-state index < -0.39 is 10.0 Å². The third-order valence-corrected chi connectivity index (χ3v) is 4.34. The lowest BCUT2D eigenvalue weighted by Crippen LogP contribution is -2.27. The van der Waals surface area contributed by atoms with Crippen LogP contribution in [-0.2, 0) is 14.8 Å². The first-order valence-corrected chi connectivity index (χ1v) is 7.17. The van der Waals surface area contributed by atoms with Crippen molar-refractivity contribution in [3.05, 3.63) is 28.7 Å². The normalized spacial score (nSPS) is 11.6. The molecule has 0 bridgehead atoms. The summed E-state index contributed by atoms with van der Waals surface area (Å²) in [5.41, 5.74) is 0. The average Bonchev–Trinajstić information content (AvgIpc) is 2.25. The Balaban J connectivity index is 2.68. The number of hydrogen-bond donors (Lipinski definition) is 1. The van der Waals surface area contributed by atoms with Crippen LogP contribution in [0.15, 0.2) is 33.6 Å². The van der Waals surface area contributed by atoms with E-state index in [4.69, 9.17) is 4.74 Å². The van der Waals surface area contributed by atoms with Crippen LogP contribution in [0, 0.1) is 0 Å². The highest BCUT2D eigenvalue weighted by Crippen LogP contribution is 2.20. The Kier molecular flexibility index (Phi) is 5.40. The second-order valence-corrected chi connectivity index (χ2v) is 5.61. The molecular formula is C10H14BrNO3S.